The maximum atomic E-state index is 13.2. The van der Waals surface area contributed by atoms with Crippen LogP contribution in [-0.4, -0.2) is 126 Å². The Morgan fingerprint density at radius 2 is 1.22 bits per heavy atom. The summed E-state index contributed by atoms with van der Waals surface area (Å²) in [4.78, 5) is 77.5. The first-order valence-electron chi connectivity index (χ1n) is 21.7. The molecule has 2 aliphatic carbocycles. The van der Waals surface area contributed by atoms with Crippen LogP contribution in [0.5, 0.6) is 0 Å². The van der Waals surface area contributed by atoms with Crippen molar-refractivity contribution in [1.82, 2.24) is 14.5 Å². The number of hydrogen-bond donors (Lipinski definition) is 3. The van der Waals surface area contributed by atoms with Gasteiger partial charge in [-0.3, -0.25) is 38.6 Å². The molecule has 3 unspecified atom stereocenters. The molecule has 2 aromatic carbocycles. The lowest BCUT2D eigenvalue weighted by Gasteiger charge is -2.36. The van der Waals surface area contributed by atoms with Gasteiger partial charge in [0.25, 0.3) is 32.2 Å². The normalized spacial score (nSPS) is 24.4. The summed E-state index contributed by atoms with van der Waals surface area (Å²) < 4.78 is 41.4. The summed E-state index contributed by atoms with van der Waals surface area (Å²) in [5.41, 5.74) is 1.28. The highest BCUT2D eigenvalue weighted by molar-refractivity contribution is 7.44. The number of fused-ring (bicyclic) bond motifs is 2. The van der Waals surface area contributed by atoms with E-state index in [2.05, 4.69) is 48.7 Å². The van der Waals surface area contributed by atoms with Crippen molar-refractivity contribution in [2.45, 2.75) is 97.9 Å². The molecular formula is C43H59N4O11P. The van der Waals surface area contributed by atoms with Crippen molar-refractivity contribution >= 4 is 43.7 Å². The number of benzene rings is 2. The number of carbonyl (C=O) groups is 6. The van der Waals surface area contributed by atoms with E-state index >= 15 is 0 Å². The van der Waals surface area contributed by atoms with Crippen molar-refractivity contribution in [3.63, 3.8) is 0 Å². The van der Waals surface area contributed by atoms with Gasteiger partial charge in [0.15, 0.2) is 11.6 Å². The van der Waals surface area contributed by atoms with Gasteiger partial charge in [0, 0.05) is 40.9 Å². The summed E-state index contributed by atoms with van der Waals surface area (Å²) in [6.45, 7) is 8.04. The minimum Gasteiger partial charge on any atom is -0.400 e. The number of imide groups is 2. The van der Waals surface area contributed by atoms with Gasteiger partial charge in [-0.1, -0.05) is 38.1 Å². The van der Waals surface area contributed by atoms with Crippen LogP contribution < -0.4 is 0 Å². The third-order valence-corrected chi connectivity index (χ3v) is 12.6. The van der Waals surface area contributed by atoms with Crippen LogP contribution in [0.2, 0.25) is 0 Å². The van der Waals surface area contributed by atoms with Gasteiger partial charge in [-0.25, -0.2) is 4.67 Å². The van der Waals surface area contributed by atoms with E-state index in [4.69, 9.17) is 19.9 Å². The molecule has 4 amide bonds. The van der Waals surface area contributed by atoms with Gasteiger partial charge in [-0.05, 0) is 89.5 Å². The van der Waals surface area contributed by atoms with E-state index in [9.17, 15) is 33.9 Å². The first-order valence-corrected chi connectivity index (χ1v) is 20.6. The Bertz CT molecular complexity index is 1860. The fourth-order valence-electron chi connectivity index (χ4n) is 7.78. The molecule has 0 saturated heterocycles. The summed E-state index contributed by atoms with van der Waals surface area (Å²) >= 11 is 0. The van der Waals surface area contributed by atoms with Gasteiger partial charge in [0.1, 0.15) is 0 Å². The highest BCUT2D eigenvalue weighted by atomic mass is 31.2. The summed E-state index contributed by atoms with van der Waals surface area (Å²) in [5.74, 6) is -3.60. The molecule has 2 heterocycles. The van der Waals surface area contributed by atoms with Crippen LogP contribution in [0.4, 0.5) is 0 Å². The molecule has 3 N–H and O–H groups in total. The highest BCUT2D eigenvalue weighted by Gasteiger charge is 2.44. The van der Waals surface area contributed by atoms with Gasteiger partial charge >= 0.3 is 0 Å². The average molecular weight is 845 g/mol. The number of nitriles is 1. The Morgan fingerprint density at radius 3 is 1.61 bits per heavy atom. The van der Waals surface area contributed by atoms with Crippen molar-refractivity contribution in [3.8, 4) is 6.07 Å². The molecular weight excluding hydrogens is 779 g/mol. The Labute approximate surface area is 354 Å². The fourth-order valence-corrected chi connectivity index (χ4v) is 9.51. The Kier molecular flexibility index (Phi) is 16.7. The molecule has 0 bridgehead atoms. The van der Waals surface area contributed by atoms with Crippen LogP contribution in [0.1, 0.15) is 118 Å². The summed E-state index contributed by atoms with van der Waals surface area (Å²) in [5, 5.41) is 25.6. The number of hydrogen-bond acceptors (Lipinski definition) is 13. The van der Waals surface area contributed by atoms with Gasteiger partial charge in [-0.2, -0.15) is 5.26 Å². The molecule has 16 heteroatoms. The lowest BCUT2D eigenvalue weighted by atomic mass is 9.93. The van der Waals surface area contributed by atoms with E-state index in [1.54, 1.807) is 48.5 Å². The largest absolute Gasteiger partial charge is 0.400 e. The van der Waals surface area contributed by atoms with E-state index in [0.29, 0.717) is 47.9 Å². The highest BCUT2D eigenvalue weighted by Crippen LogP contribution is 2.50. The first kappa shape index (κ1) is 42.8. The number of aliphatic hydroxyl groups is 3. The van der Waals surface area contributed by atoms with Gasteiger partial charge in [-0.15, -0.1) is 0 Å². The van der Waals surface area contributed by atoms with Crippen LogP contribution in [0.25, 0.3) is 0 Å². The van der Waals surface area contributed by atoms with E-state index in [0.717, 1.165) is 9.80 Å². The summed E-state index contributed by atoms with van der Waals surface area (Å²) in [6, 6.07) is 15.5. The second-order valence-electron chi connectivity index (χ2n) is 15.0. The molecule has 2 saturated carbocycles. The number of Topliss-reactive ketones (excluding diaryl/α,β-unsaturated/α-hetero) is 2. The molecule has 322 valence electrons. The molecule has 59 heavy (non-hydrogen) atoms. The lowest BCUT2D eigenvalue weighted by Crippen LogP contribution is -2.38. The SMILES string of the molecule is [2H]C[C@@H]1C[C@@H](O)CC1C(=O)CN1C(=O)c2ccccc2C1=O.[2H]C[C@@H]1C[C@@H](OP(OCCC#N)N(C(C)C)C(C)C)CC1C(=O)CN1C(=O)c2ccccc2C1=O.[3H]OC.[3H]OC. The smallest absolute Gasteiger partial charge is 0.261 e. The predicted octanol–water partition coefficient (Wildman–Crippen LogP) is 5.03. The topological polar surface area (TPSA) is 215 Å². The Morgan fingerprint density at radius 1 is 0.814 bits per heavy atom. The molecule has 6 rings (SSSR count). The number of amides is 4. The lowest BCUT2D eigenvalue weighted by molar-refractivity contribution is -0.124. The zero-order valence-corrected chi connectivity index (χ0v) is 35.5. The van der Waals surface area contributed by atoms with Gasteiger partial charge < -0.3 is 24.4 Å². The molecule has 7 atom stereocenters. The maximum Gasteiger partial charge on any atom is 0.261 e. The van der Waals surface area contributed by atoms with E-state index in [1.165, 1.54) is 14.2 Å². The average Bonchev–Trinajstić information content (AvgIpc) is 3.98. The second-order valence-corrected chi connectivity index (χ2v) is 16.4. The summed E-state index contributed by atoms with van der Waals surface area (Å²) in [6.07, 6.45) is 1.09. The van der Waals surface area contributed by atoms with Crippen molar-refractivity contribution in [2.24, 2.45) is 23.7 Å². The molecule has 0 aromatic heterocycles. The number of rotatable bonds is 14. The number of aliphatic hydroxyl groups excluding tert-OH is 3. The van der Waals surface area contributed by atoms with Crippen LogP contribution in [0, 0.1) is 35.0 Å². The second kappa shape index (κ2) is 22.9. The van der Waals surface area contributed by atoms with Gasteiger partial charge in [0.2, 0.25) is 2.86 Å². The zero-order chi connectivity index (χ0) is 47.0. The number of ketones is 2. The third-order valence-electron chi connectivity index (χ3n) is 10.4. The molecule has 0 spiro atoms. The quantitative estimate of drug-likeness (QED) is 0.129. The van der Waals surface area contributed by atoms with Crippen LogP contribution >= 0.6 is 8.53 Å². The fraction of sp³-hybridized carbons (Fsp3) is 0.558. The standard InChI is InChI=1S/C25H34N3O5P.C16H17NO4.2CH4O/c1-16(2)28(17(3)4)34(32-12-8-11-26)33-19-13-18(5)22(14-19)23(29)15-27-24(30)20-9-6-7-10-21(20)25(27)31;1-9-6-10(18)7-13(9)14(19)8-17-15(20)11-4-2-3-5-12(11)16(17)21;2*1-2/h6-7,9-10,16-19,22H,8,12-15H2,1-5H3;2-5,9-10,13,18H,6-8H2,1H3;2*2H,1H3/t18-,19-,22?,34?;9-,10-,13?;;/m11../s1/i5D;1D;2*2T. The number of nitrogens with zero attached hydrogens (tertiary/aromatic N) is 4. The van der Waals surface area contributed by atoms with Crippen molar-refractivity contribution < 1.29 is 55.9 Å². The van der Waals surface area contributed by atoms with Crippen LogP contribution in [0.15, 0.2) is 48.5 Å². The predicted molar refractivity (Wildman–Crippen MR) is 220 cm³/mol. The monoisotopic (exact) mass is 844 g/mol. The van der Waals surface area contributed by atoms with Crippen LogP contribution in [-0.2, 0) is 18.6 Å². The van der Waals surface area contributed by atoms with E-state index < -0.39 is 50.1 Å². The minimum atomic E-state index is -1.46. The van der Waals surface area contributed by atoms with Crippen molar-refractivity contribution in [3.05, 3.63) is 70.8 Å². The number of carbonyl (C=O) groups excluding carboxylic acids is 6. The Balaban J connectivity index is 0.000000321. The molecule has 0 radical (unpaired) electrons. The Hall–Kier alpha value is -4.26. The molecule has 4 aliphatic rings. The van der Waals surface area contributed by atoms with Crippen LogP contribution in [0.3, 0.4) is 0 Å². The van der Waals surface area contributed by atoms with Crippen molar-refractivity contribution in [2.75, 3.05) is 33.9 Å². The maximum absolute atomic E-state index is 13.2. The third kappa shape index (κ3) is 11.7. The van der Waals surface area contributed by atoms with E-state index in [1.807, 2.05) is 0 Å². The van der Waals surface area contributed by atoms with Crippen molar-refractivity contribution in [1.29, 1.82) is 8.12 Å². The molecule has 15 nitrogen and oxygen atoms in total. The molecule has 2 aromatic rings. The first-order chi connectivity index (χ1) is 30.0. The molecule has 2 fully saturated rings. The summed E-state index contributed by atoms with van der Waals surface area (Å²) in [7, 11) is 1.13. The van der Waals surface area contributed by atoms with E-state index in [-0.39, 0.29) is 81.5 Å². The minimum absolute atomic E-state index is 0.0592. The van der Waals surface area contributed by atoms with Gasteiger partial charge in [0.05, 0.1) is 66.6 Å². The molecule has 2 aliphatic heterocycles. The zero-order valence-electron chi connectivity index (χ0n) is 38.6.